The molecule has 0 bridgehead atoms. The van der Waals surface area contributed by atoms with Gasteiger partial charge in [0.05, 0.1) is 13.7 Å². The first kappa shape index (κ1) is 26.0. The molecule has 0 radical (unpaired) electrons. The smallest absolute Gasteiger partial charge is 0.229 e. The number of anilines is 3. The second kappa shape index (κ2) is 12.8. The molecule has 9 heteroatoms. The highest BCUT2D eigenvalue weighted by molar-refractivity contribution is 5.73. The molecular weight excluding hydrogens is 456 g/mol. The van der Waals surface area contributed by atoms with Crippen molar-refractivity contribution in [1.82, 2.24) is 19.8 Å². The predicted octanol–water partition coefficient (Wildman–Crippen LogP) is 3.79. The van der Waals surface area contributed by atoms with E-state index in [-0.39, 0.29) is 5.91 Å². The number of methoxy groups -OCH3 is 1. The van der Waals surface area contributed by atoms with Crippen LogP contribution in [0.3, 0.4) is 0 Å². The van der Waals surface area contributed by atoms with Crippen molar-refractivity contribution >= 4 is 23.4 Å². The van der Waals surface area contributed by atoms with Gasteiger partial charge >= 0.3 is 0 Å². The standard InChI is InChI=1S/C27H40N6O3/c1-21(34)33-16-10-22(11-17-33)20-31(2)26-9-12-28-27(30-26)29-23-7-8-24(35-3)25(19-23)36-18-6-15-32-13-4-5-14-32/h7-9,12,19,22H,4-6,10-11,13-18,20H2,1-3H3,(H,28,29,30). The summed E-state index contributed by atoms with van der Waals surface area (Å²) >= 11 is 0. The molecule has 2 aliphatic rings. The van der Waals surface area contributed by atoms with Crippen molar-refractivity contribution in [2.75, 3.05) is 70.2 Å². The first-order valence-corrected chi connectivity index (χ1v) is 13.1. The highest BCUT2D eigenvalue weighted by Gasteiger charge is 2.22. The Bertz CT molecular complexity index is 989. The number of carbonyl (C=O) groups is 1. The molecule has 196 valence electrons. The van der Waals surface area contributed by atoms with Gasteiger partial charge < -0.3 is 29.5 Å². The van der Waals surface area contributed by atoms with Crippen LogP contribution in [0.1, 0.15) is 39.0 Å². The molecule has 9 nitrogen and oxygen atoms in total. The van der Waals surface area contributed by atoms with Crippen molar-refractivity contribution in [3.05, 3.63) is 30.5 Å². The molecule has 2 aliphatic heterocycles. The maximum absolute atomic E-state index is 11.6. The van der Waals surface area contributed by atoms with Gasteiger partial charge in [-0.25, -0.2) is 4.98 Å². The Morgan fingerprint density at radius 2 is 1.92 bits per heavy atom. The van der Waals surface area contributed by atoms with Crippen molar-refractivity contribution in [3.63, 3.8) is 0 Å². The van der Waals surface area contributed by atoms with E-state index in [2.05, 4.69) is 27.1 Å². The van der Waals surface area contributed by atoms with Gasteiger partial charge in [-0.3, -0.25) is 4.79 Å². The van der Waals surface area contributed by atoms with Gasteiger partial charge in [0.1, 0.15) is 5.82 Å². The van der Waals surface area contributed by atoms with Crippen LogP contribution >= 0.6 is 0 Å². The molecule has 36 heavy (non-hydrogen) atoms. The molecule has 0 atom stereocenters. The number of hydrogen-bond donors (Lipinski definition) is 1. The van der Waals surface area contributed by atoms with Gasteiger partial charge in [-0.1, -0.05) is 0 Å². The number of hydrogen-bond acceptors (Lipinski definition) is 8. The summed E-state index contributed by atoms with van der Waals surface area (Å²) in [4.78, 5) is 27.3. The number of likely N-dealkylation sites (tertiary alicyclic amines) is 2. The minimum atomic E-state index is 0.169. The molecule has 1 N–H and O–H groups in total. The van der Waals surface area contributed by atoms with Crippen LogP contribution in [0.5, 0.6) is 11.5 Å². The van der Waals surface area contributed by atoms with Gasteiger partial charge in [0.15, 0.2) is 11.5 Å². The lowest BCUT2D eigenvalue weighted by molar-refractivity contribution is -0.130. The van der Waals surface area contributed by atoms with Crippen molar-refractivity contribution in [1.29, 1.82) is 0 Å². The third-order valence-electron chi connectivity index (χ3n) is 7.12. The van der Waals surface area contributed by atoms with Gasteiger partial charge in [-0.2, -0.15) is 4.98 Å². The van der Waals surface area contributed by atoms with Crippen LogP contribution in [0.15, 0.2) is 30.5 Å². The van der Waals surface area contributed by atoms with E-state index in [1.807, 2.05) is 29.2 Å². The van der Waals surface area contributed by atoms with Crippen LogP contribution in [0, 0.1) is 5.92 Å². The van der Waals surface area contributed by atoms with Crippen LogP contribution in [0.25, 0.3) is 0 Å². The van der Waals surface area contributed by atoms with Crippen molar-refractivity contribution in [3.8, 4) is 11.5 Å². The highest BCUT2D eigenvalue weighted by Crippen LogP contribution is 2.31. The minimum Gasteiger partial charge on any atom is -0.493 e. The number of nitrogens with zero attached hydrogens (tertiary/aromatic N) is 5. The molecule has 2 fully saturated rings. The number of nitrogens with one attached hydrogen (secondary N) is 1. The molecule has 2 saturated heterocycles. The number of carbonyl (C=O) groups excluding carboxylic acids is 1. The Morgan fingerprint density at radius 1 is 1.14 bits per heavy atom. The number of benzene rings is 1. The number of rotatable bonds is 11. The zero-order chi connectivity index (χ0) is 25.3. The Kier molecular flexibility index (Phi) is 9.22. The highest BCUT2D eigenvalue weighted by atomic mass is 16.5. The molecule has 1 aromatic carbocycles. The summed E-state index contributed by atoms with van der Waals surface area (Å²) < 4.78 is 11.6. The van der Waals surface area contributed by atoms with Gasteiger partial charge in [-0.15, -0.1) is 0 Å². The van der Waals surface area contributed by atoms with Crippen LogP contribution < -0.4 is 19.7 Å². The maximum atomic E-state index is 11.6. The molecule has 1 aromatic heterocycles. The topological polar surface area (TPSA) is 83.1 Å². The zero-order valence-corrected chi connectivity index (χ0v) is 21.9. The van der Waals surface area contributed by atoms with Crippen molar-refractivity contribution < 1.29 is 14.3 Å². The first-order chi connectivity index (χ1) is 17.5. The third kappa shape index (κ3) is 7.22. The van der Waals surface area contributed by atoms with E-state index in [0.29, 0.717) is 30.0 Å². The molecule has 0 unspecified atom stereocenters. The summed E-state index contributed by atoms with van der Waals surface area (Å²) in [5, 5.41) is 3.31. The Hall–Kier alpha value is -3.07. The SMILES string of the molecule is COc1ccc(Nc2nccc(N(C)CC3CCN(C(C)=O)CC3)n2)cc1OCCCN1CCCC1. The molecule has 0 spiro atoms. The average molecular weight is 497 g/mol. The number of amides is 1. The minimum absolute atomic E-state index is 0.169. The second-order valence-electron chi connectivity index (χ2n) is 9.81. The zero-order valence-electron chi connectivity index (χ0n) is 21.9. The van der Waals surface area contributed by atoms with Gasteiger partial charge in [0.25, 0.3) is 0 Å². The molecule has 2 aromatic rings. The largest absolute Gasteiger partial charge is 0.493 e. The number of piperidine rings is 1. The lowest BCUT2D eigenvalue weighted by Crippen LogP contribution is -2.40. The van der Waals surface area contributed by atoms with E-state index in [9.17, 15) is 4.79 Å². The van der Waals surface area contributed by atoms with Crippen LogP contribution in [-0.4, -0.2) is 85.7 Å². The summed E-state index contributed by atoms with van der Waals surface area (Å²) in [6.07, 6.45) is 7.42. The van der Waals surface area contributed by atoms with Gasteiger partial charge in [0, 0.05) is 58.1 Å². The average Bonchev–Trinajstić information content (AvgIpc) is 3.41. The van der Waals surface area contributed by atoms with E-state index in [1.54, 1.807) is 20.2 Å². The van der Waals surface area contributed by atoms with E-state index in [0.717, 1.165) is 56.9 Å². The van der Waals surface area contributed by atoms with E-state index in [4.69, 9.17) is 14.5 Å². The van der Waals surface area contributed by atoms with Gasteiger partial charge in [-0.05, 0) is 69.3 Å². The molecule has 4 rings (SSSR count). The van der Waals surface area contributed by atoms with Crippen LogP contribution in [-0.2, 0) is 4.79 Å². The quantitative estimate of drug-likeness (QED) is 0.471. The van der Waals surface area contributed by atoms with E-state index >= 15 is 0 Å². The monoisotopic (exact) mass is 496 g/mol. The summed E-state index contributed by atoms with van der Waals surface area (Å²) in [5.41, 5.74) is 0.849. The molecule has 3 heterocycles. The second-order valence-corrected chi connectivity index (χ2v) is 9.81. The fraction of sp³-hybridized carbons (Fsp3) is 0.593. The Labute approximate surface area is 214 Å². The first-order valence-electron chi connectivity index (χ1n) is 13.1. The summed E-state index contributed by atoms with van der Waals surface area (Å²) in [7, 11) is 3.72. The number of aromatic nitrogens is 2. The molecule has 0 aliphatic carbocycles. The Balaban J connectivity index is 1.32. The molecule has 0 saturated carbocycles. The Morgan fingerprint density at radius 3 is 2.64 bits per heavy atom. The third-order valence-corrected chi connectivity index (χ3v) is 7.12. The lowest BCUT2D eigenvalue weighted by atomic mass is 9.96. The van der Waals surface area contributed by atoms with Crippen molar-refractivity contribution in [2.24, 2.45) is 5.92 Å². The van der Waals surface area contributed by atoms with Crippen LogP contribution in [0.2, 0.25) is 0 Å². The van der Waals surface area contributed by atoms with E-state index < -0.39 is 0 Å². The normalized spacial score (nSPS) is 16.7. The fourth-order valence-electron chi connectivity index (χ4n) is 5.01. The summed E-state index contributed by atoms with van der Waals surface area (Å²) in [6, 6.07) is 7.72. The van der Waals surface area contributed by atoms with Gasteiger partial charge in [0.2, 0.25) is 11.9 Å². The van der Waals surface area contributed by atoms with E-state index in [1.165, 1.54) is 25.9 Å². The molecular formula is C27H40N6O3. The predicted molar refractivity (Wildman–Crippen MR) is 142 cm³/mol. The van der Waals surface area contributed by atoms with Crippen LogP contribution in [0.4, 0.5) is 17.5 Å². The fourth-order valence-corrected chi connectivity index (χ4v) is 5.01. The number of ether oxygens (including phenoxy) is 2. The summed E-state index contributed by atoms with van der Waals surface area (Å²) in [6.45, 7) is 8.36. The molecule has 1 amide bonds. The summed E-state index contributed by atoms with van der Waals surface area (Å²) in [5.74, 6) is 3.55. The van der Waals surface area contributed by atoms with Crippen molar-refractivity contribution in [2.45, 2.75) is 39.0 Å². The maximum Gasteiger partial charge on any atom is 0.229 e. The lowest BCUT2D eigenvalue weighted by Gasteiger charge is -2.33.